The molecule has 0 aliphatic heterocycles. The van der Waals surface area contributed by atoms with Crippen LogP contribution in [0.1, 0.15) is 21.0 Å². The summed E-state index contributed by atoms with van der Waals surface area (Å²) in [5.74, 6) is -0.809. The fraction of sp³-hybridized carbons (Fsp3) is 0. The van der Waals surface area contributed by atoms with E-state index < -0.39 is 11.8 Å². The molecule has 0 atom stereocenters. The number of rotatable bonds is 3. The van der Waals surface area contributed by atoms with Crippen LogP contribution >= 0.6 is 0 Å². The quantitative estimate of drug-likeness (QED) is 0.697. The lowest BCUT2D eigenvalue weighted by Crippen LogP contribution is -2.14. The first-order valence-corrected chi connectivity index (χ1v) is 4.73. The minimum absolute atomic E-state index is 0.115. The molecule has 0 fully saturated rings. The maximum Gasteiger partial charge on any atom is 0.292 e. The molecule has 2 aromatic rings. The summed E-state index contributed by atoms with van der Waals surface area (Å²) in [7, 11) is 0. The van der Waals surface area contributed by atoms with E-state index in [0.29, 0.717) is 11.3 Å². The first kappa shape index (κ1) is 10.8. The Morgan fingerprint density at radius 2 is 1.94 bits per heavy atom. The van der Waals surface area contributed by atoms with Gasteiger partial charge in [-0.1, -0.05) is 0 Å². The Morgan fingerprint density at radius 3 is 2.47 bits per heavy atom. The molecule has 4 N–H and O–H groups in total. The lowest BCUT2D eigenvalue weighted by atomic mass is 10.2. The van der Waals surface area contributed by atoms with Gasteiger partial charge in [-0.25, -0.2) is 4.98 Å². The van der Waals surface area contributed by atoms with Gasteiger partial charge in [0, 0.05) is 11.3 Å². The molecular formula is C10H9N5O2. The maximum atomic E-state index is 11.6. The molecule has 0 bridgehead atoms. The van der Waals surface area contributed by atoms with Crippen molar-refractivity contribution < 1.29 is 9.59 Å². The fourth-order valence-electron chi connectivity index (χ4n) is 1.22. The summed E-state index contributed by atoms with van der Waals surface area (Å²) >= 11 is 0. The van der Waals surface area contributed by atoms with Gasteiger partial charge >= 0.3 is 0 Å². The Labute approximate surface area is 96.0 Å². The van der Waals surface area contributed by atoms with E-state index in [4.69, 9.17) is 5.73 Å². The molecule has 2 amide bonds. The zero-order valence-corrected chi connectivity index (χ0v) is 8.68. The molecule has 0 aliphatic carbocycles. The van der Waals surface area contributed by atoms with Gasteiger partial charge in [-0.2, -0.15) is 5.10 Å². The van der Waals surface area contributed by atoms with Crippen LogP contribution in [0.4, 0.5) is 5.69 Å². The molecule has 0 unspecified atom stereocenters. The molecule has 0 aliphatic rings. The molecule has 17 heavy (non-hydrogen) atoms. The van der Waals surface area contributed by atoms with E-state index in [0.717, 1.165) is 0 Å². The van der Waals surface area contributed by atoms with Crippen molar-refractivity contribution in [1.29, 1.82) is 0 Å². The summed E-state index contributed by atoms with van der Waals surface area (Å²) < 4.78 is 0. The van der Waals surface area contributed by atoms with Crippen LogP contribution in [-0.2, 0) is 0 Å². The molecule has 2 rings (SSSR count). The molecule has 0 saturated heterocycles. The first-order chi connectivity index (χ1) is 8.16. The summed E-state index contributed by atoms with van der Waals surface area (Å²) in [6.07, 6.45) is 1.24. The first-order valence-electron chi connectivity index (χ1n) is 4.73. The highest BCUT2D eigenvalue weighted by Gasteiger charge is 2.08. The number of carbonyl (C=O) groups excluding carboxylic acids is 2. The summed E-state index contributed by atoms with van der Waals surface area (Å²) in [5, 5.41) is 8.59. The third-order valence-corrected chi connectivity index (χ3v) is 2.06. The van der Waals surface area contributed by atoms with Crippen molar-refractivity contribution in [3.8, 4) is 0 Å². The van der Waals surface area contributed by atoms with Gasteiger partial charge < -0.3 is 11.1 Å². The van der Waals surface area contributed by atoms with Gasteiger partial charge in [-0.3, -0.25) is 14.7 Å². The largest absolute Gasteiger partial charge is 0.366 e. The molecule has 1 aromatic carbocycles. The number of hydrogen-bond donors (Lipinski definition) is 3. The van der Waals surface area contributed by atoms with E-state index in [1.807, 2.05) is 0 Å². The minimum atomic E-state index is -0.516. The van der Waals surface area contributed by atoms with Crippen LogP contribution < -0.4 is 11.1 Å². The van der Waals surface area contributed by atoms with E-state index in [-0.39, 0.29) is 5.82 Å². The molecule has 86 valence electrons. The number of carbonyl (C=O) groups is 2. The molecule has 1 heterocycles. The van der Waals surface area contributed by atoms with Crippen molar-refractivity contribution in [2.24, 2.45) is 5.73 Å². The molecule has 1 aromatic heterocycles. The zero-order valence-electron chi connectivity index (χ0n) is 8.68. The van der Waals surface area contributed by atoms with Crippen molar-refractivity contribution in [2.45, 2.75) is 0 Å². The number of hydrogen-bond acceptors (Lipinski definition) is 4. The Balaban J connectivity index is 2.09. The molecular weight excluding hydrogens is 222 g/mol. The number of aromatic amines is 1. The number of anilines is 1. The molecule has 0 radical (unpaired) electrons. The third kappa shape index (κ3) is 2.46. The summed E-state index contributed by atoms with van der Waals surface area (Å²) in [6.45, 7) is 0. The van der Waals surface area contributed by atoms with Crippen molar-refractivity contribution >= 4 is 17.5 Å². The second kappa shape index (κ2) is 4.44. The Kier molecular flexibility index (Phi) is 2.82. The van der Waals surface area contributed by atoms with Gasteiger partial charge in [0.25, 0.3) is 5.91 Å². The van der Waals surface area contributed by atoms with Crippen LogP contribution in [0.15, 0.2) is 30.6 Å². The Bertz CT molecular complexity index is 532. The Hall–Kier alpha value is -2.70. The van der Waals surface area contributed by atoms with Crippen LogP contribution in [0, 0.1) is 0 Å². The van der Waals surface area contributed by atoms with Gasteiger partial charge in [0.2, 0.25) is 11.7 Å². The Morgan fingerprint density at radius 1 is 1.24 bits per heavy atom. The second-order valence-electron chi connectivity index (χ2n) is 3.23. The van der Waals surface area contributed by atoms with Crippen molar-refractivity contribution in [2.75, 3.05) is 5.32 Å². The number of amides is 2. The van der Waals surface area contributed by atoms with Gasteiger partial charge in [0.15, 0.2) is 0 Å². The summed E-state index contributed by atoms with van der Waals surface area (Å²) in [6, 6.07) is 6.21. The van der Waals surface area contributed by atoms with E-state index in [1.54, 1.807) is 12.1 Å². The SMILES string of the molecule is NC(=O)c1ccc(NC(=O)c2ncn[nH]2)cc1. The highest BCUT2D eigenvalue weighted by atomic mass is 16.2. The maximum absolute atomic E-state index is 11.6. The number of nitrogens with two attached hydrogens (primary N) is 1. The average molecular weight is 231 g/mol. The highest BCUT2D eigenvalue weighted by Crippen LogP contribution is 2.09. The molecule has 0 spiro atoms. The van der Waals surface area contributed by atoms with Gasteiger partial charge in [-0.05, 0) is 24.3 Å². The summed E-state index contributed by atoms with van der Waals surface area (Å²) in [5.41, 5.74) is 6.01. The van der Waals surface area contributed by atoms with Gasteiger partial charge in [0.05, 0.1) is 0 Å². The smallest absolute Gasteiger partial charge is 0.292 e. The van der Waals surface area contributed by atoms with Crippen LogP contribution in [0.2, 0.25) is 0 Å². The van der Waals surface area contributed by atoms with Crippen molar-refractivity contribution in [1.82, 2.24) is 15.2 Å². The number of H-pyrrole nitrogens is 1. The highest BCUT2D eigenvalue weighted by molar-refractivity contribution is 6.01. The van der Waals surface area contributed by atoms with E-state index in [9.17, 15) is 9.59 Å². The van der Waals surface area contributed by atoms with E-state index in [2.05, 4.69) is 20.5 Å². The van der Waals surface area contributed by atoms with Gasteiger partial charge in [0.1, 0.15) is 6.33 Å². The minimum Gasteiger partial charge on any atom is -0.366 e. The van der Waals surface area contributed by atoms with E-state index in [1.165, 1.54) is 18.5 Å². The molecule has 7 heteroatoms. The second-order valence-corrected chi connectivity index (χ2v) is 3.23. The number of nitrogens with zero attached hydrogens (tertiary/aromatic N) is 2. The van der Waals surface area contributed by atoms with Gasteiger partial charge in [-0.15, -0.1) is 0 Å². The van der Waals surface area contributed by atoms with E-state index >= 15 is 0 Å². The number of aromatic nitrogens is 3. The fourth-order valence-corrected chi connectivity index (χ4v) is 1.22. The van der Waals surface area contributed by atoms with Crippen LogP contribution in [0.25, 0.3) is 0 Å². The zero-order chi connectivity index (χ0) is 12.3. The predicted molar refractivity (Wildman–Crippen MR) is 59.3 cm³/mol. The standard InChI is InChI=1S/C10H9N5O2/c11-8(16)6-1-3-7(4-2-6)14-10(17)9-12-5-13-15-9/h1-5H,(H2,11,16)(H,14,17)(H,12,13,15). The van der Waals surface area contributed by atoms with Crippen LogP contribution in [0.3, 0.4) is 0 Å². The lowest BCUT2D eigenvalue weighted by Gasteiger charge is -2.03. The van der Waals surface area contributed by atoms with Crippen LogP contribution in [-0.4, -0.2) is 27.0 Å². The van der Waals surface area contributed by atoms with Crippen LogP contribution in [0.5, 0.6) is 0 Å². The molecule has 7 nitrogen and oxygen atoms in total. The normalized spacial score (nSPS) is 9.88. The third-order valence-electron chi connectivity index (χ3n) is 2.06. The number of benzene rings is 1. The number of nitrogens with one attached hydrogen (secondary N) is 2. The van der Waals surface area contributed by atoms with Crippen molar-refractivity contribution in [3.63, 3.8) is 0 Å². The predicted octanol–water partition coefficient (Wildman–Crippen LogP) is 0.156. The molecule has 0 saturated carbocycles. The summed E-state index contributed by atoms with van der Waals surface area (Å²) in [4.78, 5) is 26.1. The van der Waals surface area contributed by atoms with Crippen molar-refractivity contribution in [3.05, 3.63) is 42.0 Å². The average Bonchev–Trinajstić information content (AvgIpc) is 2.83. The number of primary amides is 1. The monoisotopic (exact) mass is 231 g/mol. The topological polar surface area (TPSA) is 114 Å². The lowest BCUT2D eigenvalue weighted by molar-refractivity contribution is 0.0997.